The van der Waals surface area contributed by atoms with Crippen molar-refractivity contribution in [2.24, 2.45) is 0 Å². The molecular weight excluding hydrogens is 259 g/mol. The lowest BCUT2D eigenvalue weighted by Crippen LogP contribution is -2.11. The smallest absolute Gasteiger partial charge is 0.294 e. The molecule has 100 valence electrons. The number of hydrogen-bond acceptors (Lipinski definition) is 3. The number of carbonyl (C=O) groups excluding carboxylic acids is 1. The number of rotatable bonds is 2. The Bertz CT molecular complexity index is 631. The minimum absolute atomic E-state index is 0.0276. The number of pyridine rings is 1. The predicted molar refractivity (Wildman–Crippen MR) is 61.1 cm³/mol. The van der Waals surface area contributed by atoms with Crippen LogP contribution in [0.4, 0.5) is 13.2 Å². The van der Waals surface area contributed by atoms with Gasteiger partial charge in [0.15, 0.2) is 11.6 Å². The zero-order valence-corrected chi connectivity index (χ0v) is 10.2. The molecule has 0 unspecified atom stereocenters. The maximum atomic E-state index is 12.6. The zero-order chi connectivity index (χ0) is 14.2. The second-order valence-corrected chi connectivity index (χ2v) is 3.99. The van der Waals surface area contributed by atoms with Gasteiger partial charge < -0.3 is 0 Å². The lowest BCUT2D eigenvalue weighted by atomic mass is 10.2. The highest BCUT2D eigenvalue weighted by atomic mass is 19.4. The van der Waals surface area contributed by atoms with E-state index >= 15 is 0 Å². The molecule has 0 aromatic carbocycles. The van der Waals surface area contributed by atoms with E-state index in [1.54, 1.807) is 6.92 Å². The molecule has 0 saturated carbocycles. The molecular formula is C12H10F3N3O. The summed E-state index contributed by atoms with van der Waals surface area (Å²) in [6.45, 7) is 2.97. The molecule has 0 radical (unpaired) electrons. The molecule has 2 aromatic heterocycles. The van der Waals surface area contributed by atoms with Crippen LogP contribution in [-0.2, 0) is 6.18 Å². The first-order valence-corrected chi connectivity index (χ1v) is 5.41. The van der Waals surface area contributed by atoms with Crippen molar-refractivity contribution in [1.82, 2.24) is 14.8 Å². The zero-order valence-electron chi connectivity index (χ0n) is 10.2. The third kappa shape index (κ3) is 2.49. The number of aromatic nitrogens is 3. The number of Topliss-reactive ketones (excluding diaryl/α,β-unsaturated/α-hetero) is 1. The Morgan fingerprint density at radius 2 is 2.00 bits per heavy atom. The Balaban J connectivity index is 2.51. The van der Waals surface area contributed by atoms with Gasteiger partial charge in [0, 0.05) is 0 Å². The largest absolute Gasteiger partial charge is 0.433 e. The van der Waals surface area contributed by atoms with Crippen molar-refractivity contribution in [3.63, 3.8) is 0 Å². The minimum Gasteiger partial charge on any atom is -0.294 e. The van der Waals surface area contributed by atoms with E-state index in [9.17, 15) is 18.0 Å². The van der Waals surface area contributed by atoms with E-state index in [0.29, 0.717) is 11.3 Å². The van der Waals surface area contributed by atoms with Gasteiger partial charge in [0.25, 0.3) is 0 Å². The second-order valence-electron chi connectivity index (χ2n) is 3.99. The normalized spacial score (nSPS) is 11.6. The summed E-state index contributed by atoms with van der Waals surface area (Å²) >= 11 is 0. The number of ketones is 1. The van der Waals surface area contributed by atoms with Gasteiger partial charge in [0.05, 0.1) is 17.5 Å². The van der Waals surface area contributed by atoms with Crippen molar-refractivity contribution in [3.8, 4) is 5.82 Å². The third-order valence-corrected chi connectivity index (χ3v) is 2.63. The third-order valence-electron chi connectivity index (χ3n) is 2.63. The van der Waals surface area contributed by atoms with Crippen LogP contribution in [0.1, 0.15) is 28.7 Å². The van der Waals surface area contributed by atoms with Crippen LogP contribution in [0, 0.1) is 6.92 Å². The lowest BCUT2D eigenvalue weighted by molar-refractivity contribution is -0.141. The van der Waals surface area contributed by atoms with Crippen molar-refractivity contribution < 1.29 is 18.0 Å². The van der Waals surface area contributed by atoms with Gasteiger partial charge in [-0.05, 0) is 26.0 Å². The average Bonchev–Trinajstić information content (AvgIpc) is 2.70. The fraction of sp³-hybridized carbons (Fsp3) is 0.250. The summed E-state index contributed by atoms with van der Waals surface area (Å²) in [7, 11) is 0. The molecule has 0 aliphatic carbocycles. The van der Waals surface area contributed by atoms with Crippen LogP contribution in [0.15, 0.2) is 24.4 Å². The summed E-state index contributed by atoms with van der Waals surface area (Å²) in [5, 5.41) is 3.90. The molecule has 0 saturated heterocycles. The van der Waals surface area contributed by atoms with E-state index < -0.39 is 11.9 Å². The number of alkyl halides is 3. The van der Waals surface area contributed by atoms with Crippen LogP contribution in [-0.4, -0.2) is 20.5 Å². The molecule has 0 fully saturated rings. The van der Waals surface area contributed by atoms with E-state index in [1.807, 2.05) is 0 Å². The number of nitrogens with zero attached hydrogens (tertiary/aromatic N) is 3. The van der Waals surface area contributed by atoms with Crippen LogP contribution in [0.2, 0.25) is 0 Å². The summed E-state index contributed by atoms with van der Waals surface area (Å²) in [4.78, 5) is 14.8. The molecule has 2 aromatic rings. The quantitative estimate of drug-likeness (QED) is 0.787. The van der Waals surface area contributed by atoms with Crippen LogP contribution >= 0.6 is 0 Å². The highest BCUT2D eigenvalue weighted by molar-refractivity contribution is 5.94. The monoisotopic (exact) mass is 269 g/mol. The molecule has 2 rings (SSSR count). The molecule has 19 heavy (non-hydrogen) atoms. The van der Waals surface area contributed by atoms with Crippen molar-refractivity contribution in [1.29, 1.82) is 0 Å². The van der Waals surface area contributed by atoms with Gasteiger partial charge in [-0.2, -0.15) is 18.3 Å². The first-order chi connectivity index (χ1) is 8.80. The van der Waals surface area contributed by atoms with Crippen LogP contribution in [0.5, 0.6) is 0 Å². The van der Waals surface area contributed by atoms with Gasteiger partial charge in [-0.15, -0.1) is 0 Å². The van der Waals surface area contributed by atoms with E-state index in [4.69, 9.17) is 0 Å². The second kappa shape index (κ2) is 4.49. The Morgan fingerprint density at radius 1 is 1.32 bits per heavy atom. The van der Waals surface area contributed by atoms with Gasteiger partial charge in [-0.3, -0.25) is 4.79 Å². The molecule has 0 bridgehead atoms. The van der Waals surface area contributed by atoms with E-state index in [0.717, 1.165) is 6.07 Å². The molecule has 2 heterocycles. The maximum Gasteiger partial charge on any atom is 0.433 e. The first kappa shape index (κ1) is 13.3. The molecule has 0 spiro atoms. The van der Waals surface area contributed by atoms with E-state index in [-0.39, 0.29) is 11.6 Å². The maximum absolute atomic E-state index is 12.6. The Kier molecular flexibility index (Phi) is 3.13. The molecule has 0 aliphatic heterocycles. The van der Waals surface area contributed by atoms with Crippen molar-refractivity contribution in [3.05, 3.63) is 41.3 Å². The molecule has 0 aliphatic rings. The molecule has 0 N–H and O–H groups in total. The summed E-state index contributed by atoms with van der Waals surface area (Å²) in [6, 6.07) is 3.53. The van der Waals surface area contributed by atoms with Gasteiger partial charge in [0.2, 0.25) is 0 Å². The van der Waals surface area contributed by atoms with Crippen molar-refractivity contribution in [2.75, 3.05) is 0 Å². The minimum atomic E-state index is -4.51. The van der Waals surface area contributed by atoms with Gasteiger partial charge >= 0.3 is 6.18 Å². The van der Waals surface area contributed by atoms with Crippen LogP contribution in [0.25, 0.3) is 5.82 Å². The van der Waals surface area contributed by atoms with Gasteiger partial charge in [-0.1, -0.05) is 6.07 Å². The van der Waals surface area contributed by atoms with E-state index in [1.165, 1.54) is 29.9 Å². The Hall–Kier alpha value is -2.18. The molecule has 4 nitrogen and oxygen atoms in total. The molecule has 7 heteroatoms. The lowest BCUT2D eigenvalue weighted by Gasteiger charge is -2.08. The standard InChI is InChI=1S/C12H10F3N3O/c1-7-9(8(2)19)6-16-18(7)11-5-3-4-10(17-11)12(13,14)15/h3-6H,1-2H3. The summed E-state index contributed by atoms with van der Waals surface area (Å²) in [6.07, 6.45) is -3.19. The first-order valence-electron chi connectivity index (χ1n) is 5.41. The van der Waals surface area contributed by atoms with Crippen LogP contribution in [0.3, 0.4) is 0 Å². The van der Waals surface area contributed by atoms with Crippen molar-refractivity contribution in [2.45, 2.75) is 20.0 Å². The van der Waals surface area contributed by atoms with Crippen LogP contribution < -0.4 is 0 Å². The highest BCUT2D eigenvalue weighted by Gasteiger charge is 2.32. The topological polar surface area (TPSA) is 47.8 Å². The average molecular weight is 269 g/mol. The fourth-order valence-electron chi connectivity index (χ4n) is 1.69. The summed E-state index contributed by atoms with van der Waals surface area (Å²) in [5.74, 6) is -0.171. The molecule has 0 atom stereocenters. The summed E-state index contributed by atoms with van der Waals surface area (Å²) < 4.78 is 38.9. The van der Waals surface area contributed by atoms with Gasteiger partial charge in [0.1, 0.15) is 5.69 Å². The predicted octanol–water partition coefficient (Wildman–Crippen LogP) is 2.80. The van der Waals surface area contributed by atoms with Crippen molar-refractivity contribution >= 4 is 5.78 Å². The van der Waals surface area contributed by atoms with E-state index in [2.05, 4.69) is 10.1 Å². The highest BCUT2D eigenvalue weighted by Crippen LogP contribution is 2.28. The summed E-state index contributed by atoms with van der Waals surface area (Å²) in [5.41, 5.74) is -0.178. The number of halogens is 3. The number of hydrogen-bond donors (Lipinski definition) is 0. The van der Waals surface area contributed by atoms with Gasteiger partial charge in [-0.25, -0.2) is 9.67 Å². The molecule has 0 amide bonds. The Morgan fingerprint density at radius 3 is 2.53 bits per heavy atom. The fourth-order valence-corrected chi connectivity index (χ4v) is 1.69. The SMILES string of the molecule is CC(=O)c1cnn(-c2cccc(C(F)(F)F)n2)c1C. The Labute approximate surface area is 106 Å². The number of carbonyl (C=O) groups is 1.